The van der Waals surface area contributed by atoms with E-state index >= 15 is 0 Å². The summed E-state index contributed by atoms with van der Waals surface area (Å²) in [4.78, 5) is 0.372. The molecule has 0 radical (unpaired) electrons. The molecule has 0 heterocycles. The van der Waals surface area contributed by atoms with Crippen molar-refractivity contribution in [3.63, 3.8) is 0 Å². The first-order valence-corrected chi connectivity index (χ1v) is 9.12. The first kappa shape index (κ1) is 15.8. The molecule has 1 aromatic carbocycles. The van der Waals surface area contributed by atoms with E-state index in [4.69, 9.17) is 11.6 Å². The van der Waals surface area contributed by atoms with Crippen LogP contribution in [-0.4, -0.2) is 32.2 Å². The lowest BCUT2D eigenvalue weighted by atomic mass is 10.1. The zero-order valence-electron chi connectivity index (χ0n) is 11.9. The first-order chi connectivity index (χ1) is 9.54. The van der Waals surface area contributed by atoms with Crippen LogP contribution >= 0.6 is 11.6 Å². The molecule has 0 atom stereocenters. The van der Waals surface area contributed by atoms with Crippen LogP contribution in [-0.2, 0) is 16.4 Å². The Balaban J connectivity index is 2.07. The minimum Gasteiger partial charge on any atom is -0.207 e. The molecule has 0 bridgehead atoms. The first-order valence-electron chi connectivity index (χ1n) is 7.15. The third-order valence-electron chi connectivity index (χ3n) is 4.00. The predicted octanol–water partition coefficient (Wildman–Crippen LogP) is 3.28. The molecule has 0 saturated heterocycles. The summed E-state index contributed by atoms with van der Waals surface area (Å²) < 4.78 is 26.5. The number of rotatable bonds is 6. The molecule has 0 aliphatic heterocycles. The summed E-state index contributed by atoms with van der Waals surface area (Å²) >= 11 is 5.68. The van der Waals surface area contributed by atoms with E-state index in [0.717, 1.165) is 24.8 Å². The fourth-order valence-corrected chi connectivity index (χ4v) is 4.24. The van der Waals surface area contributed by atoms with Gasteiger partial charge in [0.1, 0.15) is 0 Å². The zero-order chi connectivity index (χ0) is 14.6. The summed E-state index contributed by atoms with van der Waals surface area (Å²) in [5, 5.41) is 0. The van der Waals surface area contributed by atoms with E-state index < -0.39 is 10.0 Å². The molecule has 20 heavy (non-hydrogen) atoms. The third kappa shape index (κ3) is 3.74. The fourth-order valence-electron chi connectivity index (χ4n) is 2.77. The molecule has 1 aliphatic rings. The van der Waals surface area contributed by atoms with Gasteiger partial charge in [-0.2, -0.15) is 0 Å². The highest BCUT2D eigenvalue weighted by molar-refractivity contribution is 7.89. The molecule has 0 spiro atoms. The van der Waals surface area contributed by atoms with Gasteiger partial charge in [0.2, 0.25) is 10.0 Å². The summed E-state index contributed by atoms with van der Waals surface area (Å²) in [6, 6.07) is 7.06. The summed E-state index contributed by atoms with van der Waals surface area (Å²) in [5.41, 5.74) is 1.07. The number of sulfonamides is 1. The van der Waals surface area contributed by atoms with E-state index in [1.54, 1.807) is 19.2 Å². The van der Waals surface area contributed by atoms with Gasteiger partial charge >= 0.3 is 0 Å². The Bertz CT molecular complexity index is 521. The second kappa shape index (κ2) is 6.92. The average molecular weight is 316 g/mol. The molecule has 0 amide bonds. The van der Waals surface area contributed by atoms with Crippen molar-refractivity contribution >= 4 is 21.6 Å². The molecule has 1 aromatic rings. The molecule has 2 rings (SSSR count). The van der Waals surface area contributed by atoms with Crippen LogP contribution in [0.25, 0.3) is 0 Å². The molecule has 1 saturated carbocycles. The molecule has 112 valence electrons. The molecule has 1 fully saturated rings. The second-order valence-electron chi connectivity index (χ2n) is 5.52. The highest BCUT2D eigenvalue weighted by Gasteiger charge is 2.25. The van der Waals surface area contributed by atoms with Gasteiger partial charge in [-0.25, -0.2) is 12.7 Å². The Kier molecular flexibility index (Phi) is 5.47. The largest absolute Gasteiger partial charge is 0.242 e. The number of hydrogen-bond donors (Lipinski definition) is 0. The zero-order valence-corrected chi connectivity index (χ0v) is 13.5. The van der Waals surface area contributed by atoms with Crippen molar-refractivity contribution in [1.82, 2.24) is 4.31 Å². The third-order valence-corrected chi connectivity index (χ3v) is 6.03. The van der Waals surface area contributed by atoms with Crippen molar-refractivity contribution < 1.29 is 8.42 Å². The smallest absolute Gasteiger partial charge is 0.207 e. The fraction of sp³-hybridized carbons (Fsp3) is 0.600. The van der Waals surface area contributed by atoms with Crippen LogP contribution in [0.2, 0.25) is 0 Å². The van der Waals surface area contributed by atoms with Crippen molar-refractivity contribution in [2.75, 3.05) is 19.5 Å². The number of benzene rings is 1. The van der Waals surface area contributed by atoms with Crippen molar-refractivity contribution in [2.24, 2.45) is 5.92 Å². The van der Waals surface area contributed by atoms with Gasteiger partial charge in [0, 0.05) is 19.5 Å². The molecule has 0 unspecified atom stereocenters. The maximum Gasteiger partial charge on any atom is 0.242 e. The number of alkyl halides is 1. The van der Waals surface area contributed by atoms with Gasteiger partial charge in [0.05, 0.1) is 4.90 Å². The molecule has 0 aromatic heterocycles. The second-order valence-corrected chi connectivity index (χ2v) is 7.94. The number of aryl methyl sites for hydroxylation is 1. The lowest BCUT2D eigenvalue weighted by molar-refractivity contribution is 0.387. The molecular formula is C15H22ClNO2S. The van der Waals surface area contributed by atoms with Crippen LogP contribution in [0, 0.1) is 5.92 Å². The minimum atomic E-state index is -3.36. The lowest BCUT2D eigenvalue weighted by Gasteiger charge is -2.20. The van der Waals surface area contributed by atoms with Crippen molar-refractivity contribution in [1.29, 1.82) is 0 Å². The quantitative estimate of drug-likeness (QED) is 0.755. The highest BCUT2D eigenvalue weighted by atomic mass is 35.5. The van der Waals surface area contributed by atoms with Gasteiger partial charge in [-0.1, -0.05) is 25.0 Å². The number of hydrogen-bond acceptors (Lipinski definition) is 2. The standard InChI is InChI=1S/C15H22ClNO2S/c1-17(12-14-4-2-3-5-14)20(18,19)15-8-6-13(7-9-15)10-11-16/h6-9,14H,2-5,10-12H2,1H3. The van der Waals surface area contributed by atoms with Gasteiger partial charge in [-0.15, -0.1) is 11.6 Å². The van der Waals surface area contributed by atoms with Crippen LogP contribution in [0.1, 0.15) is 31.2 Å². The Morgan fingerprint density at radius 2 is 1.80 bits per heavy atom. The van der Waals surface area contributed by atoms with E-state index in [9.17, 15) is 8.42 Å². The summed E-state index contributed by atoms with van der Waals surface area (Å²) in [6.45, 7) is 0.631. The molecule has 5 heteroatoms. The van der Waals surface area contributed by atoms with E-state index in [-0.39, 0.29) is 0 Å². The Morgan fingerprint density at radius 3 is 2.35 bits per heavy atom. The maximum atomic E-state index is 12.5. The minimum absolute atomic E-state index is 0.372. The van der Waals surface area contributed by atoms with Gasteiger partial charge in [0.25, 0.3) is 0 Å². The predicted molar refractivity (Wildman–Crippen MR) is 82.6 cm³/mol. The molecular weight excluding hydrogens is 294 g/mol. The molecule has 0 N–H and O–H groups in total. The van der Waals surface area contributed by atoms with E-state index in [2.05, 4.69) is 0 Å². The summed E-state index contributed by atoms with van der Waals surface area (Å²) in [6.07, 6.45) is 5.51. The van der Waals surface area contributed by atoms with Crippen LogP contribution in [0.3, 0.4) is 0 Å². The monoisotopic (exact) mass is 315 g/mol. The highest BCUT2D eigenvalue weighted by Crippen LogP contribution is 2.27. The van der Waals surface area contributed by atoms with Gasteiger partial charge in [0.15, 0.2) is 0 Å². The van der Waals surface area contributed by atoms with E-state index in [1.807, 2.05) is 12.1 Å². The van der Waals surface area contributed by atoms with Crippen molar-refractivity contribution in [2.45, 2.75) is 37.0 Å². The lowest BCUT2D eigenvalue weighted by Crippen LogP contribution is -2.31. The van der Waals surface area contributed by atoms with Gasteiger partial charge in [-0.05, 0) is 42.9 Å². The van der Waals surface area contributed by atoms with Crippen LogP contribution in [0.15, 0.2) is 29.2 Å². The average Bonchev–Trinajstić information content (AvgIpc) is 2.92. The van der Waals surface area contributed by atoms with E-state index in [0.29, 0.717) is 23.2 Å². The van der Waals surface area contributed by atoms with Crippen LogP contribution in [0.4, 0.5) is 0 Å². The summed E-state index contributed by atoms with van der Waals surface area (Å²) in [5.74, 6) is 1.07. The van der Waals surface area contributed by atoms with Crippen molar-refractivity contribution in [3.05, 3.63) is 29.8 Å². The Labute approximate surface area is 127 Å². The molecule has 1 aliphatic carbocycles. The number of halogens is 1. The Hall–Kier alpha value is -0.580. The topological polar surface area (TPSA) is 37.4 Å². The number of nitrogens with zero attached hydrogens (tertiary/aromatic N) is 1. The van der Waals surface area contributed by atoms with Gasteiger partial charge < -0.3 is 0 Å². The van der Waals surface area contributed by atoms with Crippen LogP contribution < -0.4 is 0 Å². The maximum absolute atomic E-state index is 12.5. The Morgan fingerprint density at radius 1 is 1.20 bits per heavy atom. The van der Waals surface area contributed by atoms with E-state index in [1.165, 1.54) is 17.1 Å². The van der Waals surface area contributed by atoms with Gasteiger partial charge in [-0.3, -0.25) is 0 Å². The van der Waals surface area contributed by atoms with Crippen molar-refractivity contribution in [3.8, 4) is 0 Å². The molecule has 3 nitrogen and oxygen atoms in total. The normalized spacial score (nSPS) is 16.9. The summed E-state index contributed by atoms with van der Waals surface area (Å²) in [7, 11) is -1.68. The SMILES string of the molecule is CN(CC1CCCC1)S(=O)(=O)c1ccc(CCCl)cc1. The van der Waals surface area contributed by atoms with Crippen LogP contribution in [0.5, 0.6) is 0 Å².